The Morgan fingerprint density at radius 1 is 1.33 bits per heavy atom. The lowest BCUT2D eigenvalue weighted by molar-refractivity contribution is 0.0569. The quantitative estimate of drug-likeness (QED) is 0.782. The van der Waals surface area contributed by atoms with Gasteiger partial charge in [-0.2, -0.15) is 0 Å². The summed E-state index contributed by atoms with van der Waals surface area (Å²) >= 11 is 0. The highest BCUT2D eigenvalue weighted by Crippen LogP contribution is 2.27. The number of carbonyl (C=O) groups excluding carboxylic acids is 1. The first-order chi connectivity index (χ1) is 9.70. The molecule has 0 aromatic heterocycles. The Labute approximate surface area is 128 Å². The topological polar surface area (TPSA) is 54.5 Å². The number of amides is 1. The second-order valence-corrected chi connectivity index (χ2v) is 8.10. The normalized spacial score (nSPS) is 23.1. The van der Waals surface area contributed by atoms with Gasteiger partial charge in [-0.25, -0.2) is 12.8 Å². The maximum atomic E-state index is 13.4. The minimum Gasteiger partial charge on any atom is -0.336 e. The largest absolute Gasteiger partial charge is 0.336 e. The van der Waals surface area contributed by atoms with Gasteiger partial charge in [0.25, 0.3) is 15.0 Å². The van der Waals surface area contributed by atoms with Crippen LogP contribution in [0.1, 0.15) is 37.0 Å². The van der Waals surface area contributed by atoms with Crippen molar-refractivity contribution in [3.8, 4) is 0 Å². The second kappa shape index (κ2) is 5.93. The van der Waals surface area contributed by atoms with E-state index < -0.39 is 20.8 Å². The molecule has 1 aliphatic rings. The molecule has 0 radical (unpaired) electrons. The summed E-state index contributed by atoms with van der Waals surface area (Å²) in [5, 5.41) is 0. The van der Waals surface area contributed by atoms with E-state index in [1.165, 1.54) is 0 Å². The number of hydrogen-bond acceptors (Lipinski definition) is 3. The van der Waals surface area contributed by atoms with Crippen molar-refractivity contribution in [2.24, 2.45) is 5.92 Å². The lowest BCUT2D eigenvalue weighted by atomic mass is 9.94. The van der Waals surface area contributed by atoms with Crippen molar-refractivity contribution < 1.29 is 17.6 Å². The average molecular weight is 334 g/mol. The van der Waals surface area contributed by atoms with Gasteiger partial charge in [-0.05, 0) is 43.9 Å². The summed E-state index contributed by atoms with van der Waals surface area (Å²) in [6.45, 7) is 4.45. The van der Waals surface area contributed by atoms with Crippen LogP contribution in [-0.4, -0.2) is 31.8 Å². The van der Waals surface area contributed by atoms with Gasteiger partial charge in [-0.15, -0.1) is 0 Å². The average Bonchev–Trinajstić information content (AvgIpc) is 2.39. The molecule has 0 aliphatic carbocycles. The van der Waals surface area contributed by atoms with E-state index in [1.54, 1.807) is 4.90 Å². The van der Waals surface area contributed by atoms with Gasteiger partial charge < -0.3 is 4.90 Å². The van der Waals surface area contributed by atoms with Gasteiger partial charge in [-0.3, -0.25) is 4.79 Å². The zero-order valence-electron chi connectivity index (χ0n) is 11.8. The molecule has 0 saturated carbocycles. The van der Waals surface area contributed by atoms with Crippen LogP contribution in [0.4, 0.5) is 4.39 Å². The van der Waals surface area contributed by atoms with Gasteiger partial charge >= 0.3 is 0 Å². The summed E-state index contributed by atoms with van der Waals surface area (Å²) in [5.74, 6) is -0.831. The van der Waals surface area contributed by atoms with Gasteiger partial charge in [0.05, 0.1) is 10.5 Å². The number of piperidine rings is 1. The molecule has 4 nitrogen and oxygen atoms in total. The van der Waals surface area contributed by atoms with E-state index in [0.29, 0.717) is 12.5 Å². The van der Waals surface area contributed by atoms with E-state index in [1.807, 2.05) is 13.8 Å². The first-order valence-electron chi connectivity index (χ1n) is 6.75. The van der Waals surface area contributed by atoms with E-state index in [9.17, 15) is 17.6 Å². The van der Waals surface area contributed by atoms with Crippen LogP contribution in [0.15, 0.2) is 23.1 Å². The SMILES string of the molecule is CC1CCC(C)N(C(=O)c2cc(F)ccc2S(=O)(=O)Cl)C1. The highest BCUT2D eigenvalue weighted by Gasteiger charge is 2.31. The van der Waals surface area contributed by atoms with Crippen LogP contribution < -0.4 is 0 Å². The van der Waals surface area contributed by atoms with E-state index in [0.717, 1.165) is 31.0 Å². The number of halogens is 2. The predicted molar refractivity (Wildman–Crippen MR) is 78.3 cm³/mol. The van der Waals surface area contributed by atoms with Crippen molar-refractivity contribution in [3.05, 3.63) is 29.6 Å². The lowest BCUT2D eigenvalue weighted by Gasteiger charge is -2.37. The van der Waals surface area contributed by atoms with Crippen LogP contribution in [0.2, 0.25) is 0 Å². The van der Waals surface area contributed by atoms with Gasteiger partial charge in [-0.1, -0.05) is 6.92 Å². The molecule has 1 heterocycles. The predicted octanol–water partition coefficient (Wildman–Crippen LogP) is 3.01. The molecule has 2 atom stereocenters. The van der Waals surface area contributed by atoms with Gasteiger partial charge in [0, 0.05) is 23.3 Å². The first kappa shape index (κ1) is 16.2. The summed E-state index contributed by atoms with van der Waals surface area (Å²) in [7, 11) is 1.24. The standard InChI is InChI=1S/C14H17ClFNO3S/c1-9-3-4-10(2)17(8-9)14(18)12-7-11(16)5-6-13(12)21(15,19)20/h5-7,9-10H,3-4,8H2,1-2H3. The minimum atomic E-state index is -4.11. The van der Waals surface area contributed by atoms with E-state index in [4.69, 9.17) is 10.7 Å². The highest BCUT2D eigenvalue weighted by molar-refractivity contribution is 8.13. The molecule has 0 spiro atoms. The molecule has 1 aromatic carbocycles. The fraction of sp³-hybridized carbons (Fsp3) is 0.500. The number of carbonyl (C=O) groups is 1. The van der Waals surface area contributed by atoms with Crippen molar-refractivity contribution >= 4 is 25.6 Å². The summed E-state index contributed by atoms with van der Waals surface area (Å²) in [6, 6.07) is 2.93. The van der Waals surface area contributed by atoms with Crippen LogP contribution in [0.3, 0.4) is 0 Å². The number of likely N-dealkylation sites (tertiary alicyclic amines) is 1. The highest BCUT2D eigenvalue weighted by atomic mass is 35.7. The molecular weight excluding hydrogens is 317 g/mol. The summed E-state index contributed by atoms with van der Waals surface area (Å²) in [4.78, 5) is 13.9. The third kappa shape index (κ3) is 3.55. The number of benzene rings is 1. The molecule has 0 N–H and O–H groups in total. The monoisotopic (exact) mass is 333 g/mol. The molecule has 2 rings (SSSR count). The number of rotatable bonds is 2. The van der Waals surface area contributed by atoms with Crippen molar-refractivity contribution in [2.75, 3.05) is 6.54 Å². The smallest absolute Gasteiger partial charge is 0.262 e. The molecule has 7 heteroatoms. The Bertz CT molecular complexity index is 662. The zero-order valence-corrected chi connectivity index (χ0v) is 13.4. The van der Waals surface area contributed by atoms with Crippen LogP contribution in [-0.2, 0) is 9.05 Å². The van der Waals surface area contributed by atoms with E-state index in [2.05, 4.69) is 0 Å². The molecule has 21 heavy (non-hydrogen) atoms. The fourth-order valence-corrected chi connectivity index (χ4v) is 3.65. The van der Waals surface area contributed by atoms with Crippen molar-refractivity contribution in [2.45, 2.75) is 37.6 Å². The first-order valence-corrected chi connectivity index (χ1v) is 9.06. The molecule has 1 saturated heterocycles. The maximum absolute atomic E-state index is 13.4. The minimum absolute atomic E-state index is 0.0113. The molecule has 0 bridgehead atoms. The Kier molecular flexibility index (Phi) is 4.58. The molecule has 2 unspecified atom stereocenters. The van der Waals surface area contributed by atoms with E-state index in [-0.39, 0.29) is 16.5 Å². The van der Waals surface area contributed by atoms with Gasteiger partial charge in [0.2, 0.25) is 0 Å². The third-order valence-electron chi connectivity index (χ3n) is 3.81. The number of hydrogen-bond donors (Lipinski definition) is 0. The Balaban J connectivity index is 2.45. The Morgan fingerprint density at radius 2 is 2.00 bits per heavy atom. The lowest BCUT2D eigenvalue weighted by Crippen LogP contribution is -2.45. The van der Waals surface area contributed by atoms with Crippen LogP contribution in [0, 0.1) is 11.7 Å². The zero-order chi connectivity index (χ0) is 15.8. The van der Waals surface area contributed by atoms with Crippen LogP contribution >= 0.6 is 10.7 Å². The van der Waals surface area contributed by atoms with Crippen molar-refractivity contribution in [1.29, 1.82) is 0 Å². The Morgan fingerprint density at radius 3 is 2.62 bits per heavy atom. The Hall–Kier alpha value is -1.14. The molecule has 1 aromatic rings. The van der Waals surface area contributed by atoms with Crippen molar-refractivity contribution in [1.82, 2.24) is 4.90 Å². The maximum Gasteiger partial charge on any atom is 0.262 e. The van der Waals surface area contributed by atoms with Crippen LogP contribution in [0.25, 0.3) is 0 Å². The number of nitrogens with zero attached hydrogens (tertiary/aromatic N) is 1. The molecule has 1 aliphatic heterocycles. The molecule has 116 valence electrons. The summed E-state index contributed by atoms with van der Waals surface area (Å²) in [5.41, 5.74) is -0.203. The third-order valence-corrected chi connectivity index (χ3v) is 5.19. The van der Waals surface area contributed by atoms with Gasteiger partial charge in [0.15, 0.2) is 0 Å². The fourth-order valence-electron chi connectivity index (χ4n) is 2.61. The van der Waals surface area contributed by atoms with Gasteiger partial charge in [0.1, 0.15) is 5.82 Å². The molecule has 1 amide bonds. The summed E-state index contributed by atoms with van der Waals surface area (Å²) < 4.78 is 36.6. The van der Waals surface area contributed by atoms with Crippen LogP contribution in [0.5, 0.6) is 0 Å². The second-order valence-electron chi connectivity index (χ2n) is 5.57. The molecule has 1 fully saturated rings. The van der Waals surface area contributed by atoms with Crippen molar-refractivity contribution in [3.63, 3.8) is 0 Å². The van der Waals surface area contributed by atoms with E-state index >= 15 is 0 Å². The molecular formula is C14H17ClFNO3S. The summed E-state index contributed by atoms with van der Waals surface area (Å²) in [6.07, 6.45) is 1.85.